The fraction of sp³-hybridized carbons (Fsp3) is 0.940. The maximum atomic E-state index is 12.9. The molecule has 4 N–H and O–H groups in total. The minimum Gasteiger partial charge on any atom is -0.480 e. The lowest BCUT2D eigenvalue weighted by Gasteiger charge is -2.18. The third-order valence-corrected chi connectivity index (χ3v) is 11.9. The number of rotatable bonds is 47. The average Bonchev–Trinajstić information content (AvgIpc) is 3.20. The highest BCUT2D eigenvalue weighted by Crippen LogP contribution is 2.20. The van der Waals surface area contributed by atoms with Crippen molar-refractivity contribution in [1.82, 2.24) is 5.32 Å². The number of amides is 1. The zero-order chi connectivity index (χ0) is 41.7. The molecular weight excluding hydrogens is 709 g/mol. The minimum absolute atomic E-state index is 0.0115. The Bertz CT molecular complexity index is 868. The van der Waals surface area contributed by atoms with Gasteiger partial charge in [-0.1, -0.05) is 219 Å². The van der Waals surface area contributed by atoms with E-state index in [4.69, 9.17) is 10.5 Å². The van der Waals surface area contributed by atoms with Crippen molar-refractivity contribution in [3.8, 4) is 0 Å². The van der Waals surface area contributed by atoms with Gasteiger partial charge in [0.15, 0.2) is 0 Å². The molecule has 2 atom stereocenters. The highest BCUT2D eigenvalue weighted by atomic mass is 16.5. The second-order valence-electron chi connectivity index (χ2n) is 17.6. The van der Waals surface area contributed by atoms with Crippen LogP contribution in [-0.2, 0) is 19.1 Å². The fourth-order valence-corrected chi connectivity index (χ4v) is 8.10. The first kappa shape index (κ1) is 55.4. The van der Waals surface area contributed by atoms with E-state index in [1.54, 1.807) is 0 Å². The van der Waals surface area contributed by atoms with Gasteiger partial charge in [-0.2, -0.15) is 0 Å². The Kier molecular flexibility index (Phi) is 44.2. The van der Waals surface area contributed by atoms with Crippen molar-refractivity contribution >= 4 is 17.8 Å². The number of hydrogen-bond acceptors (Lipinski definition) is 5. The van der Waals surface area contributed by atoms with Gasteiger partial charge in [0.05, 0.1) is 0 Å². The second-order valence-corrected chi connectivity index (χ2v) is 17.6. The van der Waals surface area contributed by atoms with Crippen molar-refractivity contribution in [1.29, 1.82) is 0 Å². The predicted octanol–water partition coefficient (Wildman–Crippen LogP) is 14.9. The molecule has 0 heterocycles. The van der Waals surface area contributed by atoms with Crippen LogP contribution < -0.4 is 11.1 Å². The fourth-order valence-electron chi connectivity index (χ4n) is 8.10. The summed E-state index contributed by atoms with van der Waals surface area (Å²) in [7, 11) is 0. The van der Waals surface area contributed by atoms with Crippen molar-refractivity contribution in [2.45, 2.75) is 296 Å². The van der Waals surface area contributed by atoms with E-state index in [0.717, 1.165) is 64.2 Å². The molecule has 57 heavy (non-hydrogen) atoms. The first-order valence-electron chi connectivity index (χ1n) is 25.4. The van der Waals surface area contributed by atoms with Crippen LogP contribution in [0.4, 0.5) is 0 Å². The summed E-state index contributed by atoms with van der Waals surface area (Å²) >= 11 is 0. The molecule has 0 aliphatic rings. The van der Waals surface area contributed by atoms with Crippen LogP contribution in [0, 0.1) is 0 Å². The smallest absolute Gasteiger partial charge is 0.326 e. The van der Waals surface area contributed by atoms with Crippen molar-refractivity contribution in [2.75, 3.05) is 6.54 Å². The van der Waals surface area contributed by atoms with Gasteiger partial charge in [-0.05, 0) is 57.9 Å². The number of ether oxygens (including phenoxy) is 1. The summed E-state index contributed by atoms with van der Waals surface area (Å²) in [6, 6.07) is -0.852. The van der Waals surface area contributed by atoms with E-state index < -0.39 is 12.0 Å². The number of hydrogen-bond donors (Lipinski definition) is 3. The van der Waals surface area contributed by atoms with Crippen molar-refractivity contribution in [3.63, 3.8) is 0 Å². The molecule has 0 spiro atoms. The third kappa shape index (κ3) is 42.3. The van der Waals surface area contributed by atoms with Crippen LogP contribution in [0.15, 0.2) is 0 Å². The number of esters is 1. The number of unbranched alkanes of at least 4 members (excludes halogenated alkanes) is 33. The number of carbonyl (C=O) groups is 3. The van der Waals surface area contributed by atoms with Gasteiger partial charge in [0.2, 0.25) is 5.91 Å². The summed E-state index contributed by atoms with van der Waals surface area (Å²) in [4.78, 5) is 36.5. The number of carbonyl (C=O) groups excluding carboxylic acids is 2. The second kappa shape index (κ2) is 45.5. The van der Waals surface area contributed by atoms with Crippen molar-refractivity contribution in [2.24, 2.45) is 5.73 Å². The molecule has 1 amide bonds. The zero-order valence-corrected chi connectivity index (χ0v) is 38.2. The molecule has 338 valence electrons. The summed E-state index contributed by atoms with van der Waals surface area (Å²) in [6.07, 6.45) is 50.2. The molecule has 2 unspecified atom stereocenters. The Balaban J connectivity index is 4.14. The SMILES string of the molecule is CCCCCCCCCCCCCCCCCCCCCCC(=O)OC(CCCCCCCCCCCCC)CCCCCCCC(=O)NC(CCCN)C(=O)O. The molecule has 0 aromatic heterocycles. The van der Waals surface area contributed by atoms with E-state index in [0.29, 0.717) is 32.2 Å². The summed E-state index contributed by atoms with van der Waals surface area (Å²) in [5.74, 6) is -1.21. The van der Waals surface area contributed by atoms with Gasteiger partial charge < -0.3 is 20.9 Å². The molecule has 0 aliphatic heterocycles. The van der Waals surface area contributed by atoms with Gasteiger partial charge >= 0.3 is 11.9 Å². The molecule has 0 rings (SSSR count). The summed E-state index contributed by atoms with van der Waals surface area (Å²) in [5.41, 5.74) is 5.50. The molecule has 7 nitrogen and oxygen atoms in total. The van der Waals surface area contributed by atoms with Crippen LogP contribution in [0.1, 0.15) is 284 Å². The van der Waals surface area contributed by atoms with Gasteiger partial charge in [-0.3, -0.25) is 9.59 Å². The average molecular weight is 807 g/mol. The Hall–Kier alpha value is -1.63. The van der Waals surface area contributed by atoms with Crippen LogP contribution in [0.2, 0.25) is 0 Å². The Morgan fingerprint density at radius 3 is 1.09 bits per heavy atom. The number of carboxylic acids is 1. The summed E-state index contributed by atoms with van der Waals surface area (Å²) in [5, 5.41) is 12.0. The highest BCUT2D eigenvalue weighted by molar-refractivity contribution is 5.83. The van der Waals surface area contributed by atoms with E-state index in [-0.39, 0.29) is 18.0 Å². The largest absolute Gasteiger partial charge is 0.480 e. The van der Waals surface area contributed by atoms with E-state index in [9.17, 15) is 19.5 Å². The number of carboxylic acid groups (broad SMARTS) is 1. The molecule has 0 saturated heterocycles. The van der Waals surface area contributed by atoms with Crippen LogP contribution in [0.3, 0.4) is 0 Å². The first-order chi connectivity index (χ1) is 27.9. The molecular formula is C50H98N2O5. The lowest BCUT2D eigenvalue weighted by molar-refractivity contribution is -0.150. The van der Waals surface area contributed by atoms with Gasteiger partial charge in [0, 0.05) is 12.8 Å². The summed E-state index contributed by atoms with van der Waals surface area (Å²) < 4.78 is 6.08. The predicted molar refractivity (Wildman–Crippen MR) is 244 cm³/mol. The summed E-state index contributed by atoms with van der Waals surface area (Å²) in [6.45, 7) is 4.98. The topological polar surface area (TPSA) is 119 Å². The third-order valence-electron chi connectivity index (χ3n) is 11.9. The van der Waals surface area contributed by atoms with Crippen LogP contribution in [-0.4, -0.2) is 41.6 Å². The number of nitrogens with two attached hydrogens (primary N) is 1. The van der Waals surface area contributed by atoms with Crippen molar-refractivity contribution in [3.05, 3.63) is 0 Å². The van der Waals surface area contributed by atoms with Gasteiger partial charge in [0.25, 0.3) is 0 Å². The maximum absolute atomic E-state index is 12.9. The Labute approximate surface area is 354 Å². The molecule has 0 aliphatic carbocycles. The zero-order valence-electron chi connectivity index (χ0n) is 38.2. The maximum Gasteiger partial charge on any atom is 0.326 e. The lowest BCUT2D eigenvalue weighted by atomic mass is 10.0. The van der Waals surface area contributed by atoms with E-state index in [1.165, 1.54) is 180 Å². The van der Waals surface area contributed by atoms with Gasteiger partial charge in [-0.15, -0.1) is 0 Å². The van der Waals surface area contributed by atoms with Gasteiger partial charge in [0.1, 0.15) is 12.1 Å². The van der Waals surface area contributed by atoms with E-state index >= 15 is 0 Å². The number of nitrogens with one attached hydrogen (secondary N) is 1. The first-order valence-corrected chi connectivity index (χ1v) is 25.4. The Morgan fingerprint density at radius 1 is 0.439 bits per heavy atom. The molecule has 0 radical (unpaired) electrons. The number of aliphatic carboxylic acids is 1. The standard InChI is InChI=1S/C50H98N2O5/c1-3-5-7-9-11-13-15-16-17-18-19-20-21-22-23-25-27-29-34-38-44-49(54)57-46(40-35-31-28-26-24-14-12-10-8-6-4-2)41-36-32-30-33-37-43-48(53)52-47(50(55)56)42-39-45-51/h46-47H,3-45,51H2,1-2H3,(H,52,53)(H,55,56). The quantitative estimate of drug-likeness (QED) is 0.0416. The highest BCUT2D eigenvalue weighted by Gasteiger charge is 2.19. The molecule has 0 saturated carbocycles. The normalized spacial score (nSPS) is 12.5. The van der Waals surface area contributed by atoms with E-state index in [1.807, 2.05) is 0 Å². The van der Waals surface area contributed by atoms with Crippen molar-refractivity contribution < 1.29 is 24.2 Å². The Morgan fingerprint density at radius 2 is 0.754 bits per heavy atom. The molecule has 0 fully saturated rings. The molecule has 7 heteroatoms. The van der Waals surface area contributed by atoms with Crippen LogP contribution in [0.5, 0.6) is 0 Å². The molecule has 0 bridgehead atoms. The molecule has 0 aromatic carbocycles. The minimum atomic E-state index is -0.999. The van der Waals surface area contributed by atoms with E-state index in [2.05, 4.69) is 19.2 Å². The monoisotopic (exact) mass is 807 g/mol. The lowest BCUT2D eigenvalue weighted by Crippen LogP contribution is -2.40. The van der Waals surface area contributed by atoms with Gasteiger partial charge in [-0.25, -0.2) is 4.79 Å². The molecule has 0 aromatic rings. The van der Waals surface area contributed by atoms with Crippen LogP contribution >= 0.6 is 0 Å². The van der Waals surface area contributed by atoms with Crippen LogP contribution in [0.25, 0.3) is 0 Å².